The number of H-pyrrole nitrogens is 1. The van der Waals surface area contributed by atoms with E-state index in [0.717, 1.165) is 50.0 Å². The Balaban J connectivity index is 1.72. The van der Waals surface area contributed by atoms with E-state index in [1.54, 1.807) is 24.3 Å². The maximum absolute atomic E-state index is 12.8. The number of hydrogen-bond acceptors (Lipinski definition) is 4. The van der Waals surface area contributed by atoms with Gasteiger partial charge in [0.1, 0.15) is 0 Å². The van der Waals surface area contributed by atoms with E-state index in [2.05, 4.69) is 15.6 Å². The van der Waals surface area contributed by atoms with Crippen molar-refractivity contribution in [3.63, 3.8) is 0 Å². The lowest BCUT2D eigenvalue weighted by Gasteiger charge is -2.19. The lowest BCUT2D eigenvalue weighted by molar-refractivity contribution is -0.117. The summed E-state index contributed by atoms with van der Waals surface area (Å²) in [5.41, 5.74) is 3.16. The fourth-order valence-corrected chi connectivity index (χ4v) is 3.67. The van der Waals surface area contributed by atoms with Crippen molar-refractivity contribution in [3.05, 3.63) is 57.5 Å². The van der Waals surface area contributed by atoms with Crippen LogP contribution in [0.5, 0.6) is 0 Å². The van der Waals surface area contributed by atoms with Crippen molar-refractivity contribution in [2.75, 3.05) is 30.3 Å². The number of aromatic nitrogens is 1. The lowest BCUT2D eigenvalue weighted by Crippen LogP contribution is -2.32. The van der Waals surface area contributed by atoms with E-state index in [4.69, 9.17) is 0 Å². The van der Waals surface area contributed by atoms with Crippen LogP contribution in [0.25, 0.3) is 0 Å². The van der Waals surface area contributed by atoms with Gasteiger partial charge in [-0.05, 0) is 62.5 Å². The second-order valence-corrected chi connectivity index (χ2v) is 7.26. The molecule has 0 atom stereocenters. The molecule has 1 heterocycles. The van der Waals surface area contributed by atoms with E-state index < -0.39 is 0 Å². The first-order valence-corrected chi connectivity index (χ1v) is 10.2. The number of rotatable bonds is 7. The number of likely N-dealkylation sites (N-methyl/N-ethyl adjacent to an activating group) is 1. The zero-order valence-corrected chi connectivity index (χ0v) is 17.0. The molecule has 0 saturated heterocycles. The molecule has 29 heavy (non-hydrogen) atoms. The molecule has 0 spiro atoms. The minimum atomic E-state index is -0.305. The normalized spacial score (nSPS) is 13.1. The minimum Gasteiger partial charge on any atom is -0.326 e. The second kappa shape index (κ2) is 9.52. The van der Waals surface area contributed by atoms with Crippen LogP contribution in [0.15, 0.2) is 35.1 Å². The molecule has 1 aliphatic rings. The third-order valence-corrected chi connectivity index (χ3v) is 5.25. The summed E-state index contributed by atoms with van der Waals surface area (Å²) in [5, 5.41) is 5.73. The van der Waals surface area contributed by atoms with Gasteiger partial charge in [-0.1, -0.05) is 19.9 Å². The summed E-state index contributed by atoms with van der Waals surface area (Å²) in [5.74, 6) is -0.401. The molecule has 2 aromatic rings. The maximum Gasteiger partial charge on any atom is 0.256 e. The molecule has 0 radical (unpaired) electrons. The molecule has 0 unspecified atom stereocenters. The van der Waals surface area contributed by atoms with Crippen LogP contribution in [0.4, 0.5) is 11.4 Å². The van der Waals surface area contributed by atoms with E-state index in [9.17, 15) is 14.4 Å². The number of carbonyl (C=O) groups is 2. The van der Waals surface area contributed by atoms with Crippen LogP contribution in [0.1, 0.15) is 48.3 Å². The first kappa shape index (κ1) is 20.8. The number of aromatic amines is 1. The molecule has 0 fully saturated rings. The Bertz CT molecular complexity index is 947. The number of benzene rings is 1. The summed E-state index contributed by atoms with van der Waals surface area (Å²) >= 11 is 0. The highest BCUT2D eigenvalue weighted by Gasteiger charge is 2.19. The van der Waals surface area contributed by atoms with Crippen molar-refractivity contribution in [2.24, 2.45) is 0 Å². The van der Waals surface area contributed by atoms with Crippen molar-refractivity contribution in [1.29, 1.82) is 0 Å². The van der Waals surface area contributed by atoms with Crippen molar-refractivity contribution in [1.82, 2.24) is 9.88 Å². The van der Waals surface area contributed by atoms with Crippen LogP contribution in [0, 0.1) is 0 Å². The number of carbonyl (C=O) groups excluding carboxylic acids is 2. The highest BCUT2D eigenvalue weighted by molar-refractivity contribution is 6.05. The molecule has 1 aliphatic carbocycles. The fraction of sp³-hybridized carbons (Fsp3) is 0.409. The molecular weight excluding hydrogens is 368 g/mol. The van der Waals surface area contributed by atoms with Gasteiger partial charge in [-0.25, -0.2) is 0 Å². The molecule has 1 aromatic heterocycles. The smallest absolute Gasteiger partial charge is 0.256 e. The van der Waals surface area contributed by atoms with Crippen LogP contribution in [0.2, 0.25) is 0 Å². The standard InChI is InChI=1S/C22H28N4O3/c1-3-26(4-2)14-21(28)23-15-8-7-9-16(12-15)24-22(29)18-13-20(27)25-19-11-6-5-10-17(18)19/h7-9,12-13H,3-6,10-11,14H2,1-2H3,(H,23,28)(H,24,29)(H,25,27). The Morgan fingerprint density at radius 2 is 1.72 bits per heavy atom. The summed E-state index contributed by atoms with van der Waals surface area (Å²) in [6, 6.07) is 8.41. The summed E-state index contributed by atoms with van der Waals surface area (Å²) in [6.07, 6.45) is 3.60. The number of amides is 2. The maximum atomic E-state index is 12.8. The fourth-order valence-electron chi connectivity index (χ4n) is 3.67. The Kier molecular flexibility index (Phi) is 6.82. The lowest BCUT2D eigenvalue weighted by atomic mass is 9.92. The van der Waals surface area contributed by atoms with Crippen molar-refractivity contribution >= 4 is 23.2 Å². The second-order valence-electron chi connectivity index (χ2n) is 7.26. The molecule has 1 aromatic carbocycles. The predicted molar refractivity (Wildman–Crippen MR) is 115 cm³/mol. The number of nitrogens with zero attached hydrogens (tertiary/aromatic N) is 1. The third-order valence-electron chi connectivity index (χ3n) is 5.25. The molecule has 0 bridgehead atoms. The molecule has 7 heteroatoms. The van der Waals surface area contributed by atoms with Crippen LogP contribution >= 0.6 is 0 Å². The zero-order valence-electron chi connectivity index (χ0n) is 17.0. The molecule has 0 saturated carbocycles. The number of pyridine rings is 1. The average Bonchev–Trinajstić information content (AvgIpc) is 2.71. The monoisotopic (exact) mass is 396 g/mol. The molecule has 0 aliphatic heterocycles. The molecular formula is C22H28N4O3. The van der Waals surface area contributed by atoms with Gasteiger partial charge >= 0.3 is 0 Å². The van der Waals surface area contributed by atoms with E-state index in [1.165, 1.54) is 6.07 Å². The molecule has 2 amide bonds. The van der Waals surface area contributed by atoms with Crippen LogP contribution < -0.4 is 16.2 Å². The quantitative estimate of drug-likeness (QED) is 0.671. The predicted octanol–water partition coefficient (Wildman–Crippen LogP) is 2.79. The first-order valence-electron chi connectivity index (χ1n) is 10.2. The van der Waals surface area contributed by atoms with Gasteiger partial charge in [0.2, 0.25) is 11.5 Å². The summed E-state index contributed by atoms with van der Waals surface area (Å²) < 4.78 is 0. The number of fused-ring (bicyclic) bond motifs is 1. The molecule has 154 valence electrons. The van der Waals surface area contributed by atoms with Gasteiger partial charge in [0.25, 0.3) is 5.91 Å². The van der Waals surface area contributed by atoms with Gasteiger partial charge < -0.3 is 15.6 Å². The number of nitrogens with one attached hydrogen (secondary N) is 3. The summed E-state index contributed by atoms with van der Waals surface area (Å²) in [6.45, 7) is 5.96. The number of aryl methyl sites for hydroxylation is 1. The first-order chi connectivity index (χ1) is 14.0. The molecule has 7 nitrogen and oxygen atoms in total. The largest absolute Gasteiger partial charge is 0.326 e. The van der Waals surface area contributed by atoms with Crippen LogP contribution in [-0.2, 0) is 17.6 Å². The number of hydrogen-bond donors (Lipinski definition) is 3. The van der Waals surface area contributed by atoms with Gasteiger partial charge in [0.15, 0.2) is 0 Å². The van der Waals surface area contributed by atoms with Crippen LogP contribution in [0.3, 0.4) is 0 Å². The average molecular weight is 396 g/mol. The summed E-state index contributed by atoms with van der Waals surface area (Å²) in [4.78, 5) is 41.9. The Hall–Kier alpha value is -2.93. The Morgan fingerprint density at radius 1 is 1.03 bits per heavy atom. The Morgan fingerprint density at radius 3 is 2.45 bits per heavy atom. The highest BCUT2D eigenvalue weighted by Crippen LogP contribution is 2.23. The third kappa shape index (κ3) is 5.32. The van der Waals surface area contributed by atoms with Crippen molar-refractivity contribution in [2.45, 2.75) is 39.5 Å². The van der Waals surface area contributed by atoms with Gasteiger partial charge in [-0.3, -0.25) is 19.3 Å². The van der Waals surface area contributed by atoms with Gasteiger partial charge in [0, 0.05) is 23.1 Å². The zero-order chi connectivity index (χ0) is 20.8. The van der Waals surface area contributed by atoms with Crippen molar-refractivity contribution < 1.29 is 9.59 Å². The van der Waals surface area contributed by atoms with Gasteiger partial charge in [0.05, 0.1) is 12.1 Å². The molecule has 3 N–H and O–H groups in total. The highest BCUT2D eigenvalue weighted by atomic mass is 16.2. The molecule has 3 rings (SSSR count). The van der Waals surface area contributed by atoms with Crippen molar-refractivity contribution in [3.8, 4) is 0 Å². The van der Waals surface area contributed by atoms with E-state index >= 15 is 0 Å². The van der Waals surface area contributed by atoms with Crippen LogP contribution in [-0.4, -0.2) is 41.3 Å². The topological polar surface area (TPSA) is 94.3 Å². The minimum absolute atomic E-state index is 0.0964. The van der Waals surface area contributed by atoms with E-state index in [0.29, 0.717) is 23.5 Å². The Labute approximate surface area is 170 Å². The SMILES string of the molecule is CCN(CC)CC(=O)Nc1cccc(NC(=O)c2cc(=O)[nH]c3c2CCCC3)c1. The van der Waals surface area contributed by atoms with E-state index in [1.807, 2.05) is 18.7 Å². The van der Waals surface area contributed by atoms with Gasteiger partial charge in [-0.2, -0.15) is 0 Å². The number of anilines is 2. The summed E-state index contributed by atoms with van der Waals surface area (Å²) in [7, 11) is 0. The van der Waals surface area contributed by atoms with Gasteiger partial charge in [-0.15, -0.1) is 0 Å². The van der Waals surface area contributed by atoms with E-state index in [-0.39, 0.29) is 17.4 Å².